The van der Waals surface area contributed by atoms with Crippen molar-refractivity contribution in [2.45, 2.75) is 25.0 Å². The molecule has 8 heteroatoms. The molecule has 1 aliphatic rings. The Morgan fingerprint density at radius 1 is 1.35 bits per heavy atom. The summed E-state index contributed by atoms with van der Waals surface area (Å²) in [5.41, 5.74) is -1.14. The highest BCUT2D eigenvalue weighted by molar-refractivity contribution is 5.54. The summed E-state index contributed by atoms with van der Waals surface area (Å²) >= 11 is 0. The highest BCUT2D eigenvalue weighted by atomic mass is 19.1. The molecule has 124 valence electrons. The Labute approximate surface area is 131 Å². The van der Waals surface area contributed by atoms with Gasteiger partial charge in [0.1, 0.15) is 17.2 Å². The van der Waals surface area contributed by atoms with Crippen LogP contribution in [0.3, 0.4) is 0 Å². The number of β-amino-alcohol motifs (C(OH)–C–C–N with tert-alkyl or cyclic N) is 1. The van der Waals surface area contributed by atoms with Crippen molar-refractivity contribution in [3.05, 3.63) is 35.7 Å². The highest BCUT2D eigenvalue weighted by Crippen LogP contribution is 2.24. The van der Waals surface area contributed by atoms with Crippen molar-refractivity contribution < 1.29 is 18.4 Å². The lowest BCUT2D eigenvalue weighted by atomic mass is 9.94. The Kier molecular flexibility index (Phi) is 4.65. The Hall–Kier alpha value is -1.90. The number of hydrogen-bond acceptors (Lipinski definition) is 6. The second-order valence-corrected chi connectivity index (χ2v) is 5.72. The zero-order valence-corrected chi connectivity index (χ0v) is 12.5. The standard InChI is InChI=1S/C15H18F2N4O2/c16-10-3-1-4-11(17)13(10)14-20-12(21-23-14)7-19-9-15(22)5-2-6-18-8-15/h1,3-4,18-19,22H,2,5-9H2/t15-/m0/s1. The number of nitrogens with one attached hydrogen (secondary N) is 2. The minimum absolute atomic E-state index is 0.199. The third-order valence-electron chi connectivity index (χ3n) is 3.83. The van der Waals surface area contributed by atoms with Crippen LogP contribution in [0.2, 0.25) is 0 Å². The maximum absolute atomic E-state index is 13.7. The molecule has 0 radical (unpaired) electrons. The van der Waals surface area contributed by atoms with E-state index in [1.807, 2.05) is 0 Å². The molecule has 0 unspecified atom stereocenters. The van der Waals surface area contributed by atoms with E-state index in [9.17, 15) is 13.9 Å². The lowest BCUT2D eigenvalue weighted by molar-refractivity contribution is 0.0167. The number of aromatic nitrogens is 2. The zero-order chi connectivity index (χ0) is 16.3. The number of benzene rings is 1. The van der Waals surface area contributed by atoms with E-state index in [0.29, 0.717) is 19.5 Å². The number of hydrogen-bond donors (Lipinski definition) is 3. The van der Waals surface area contributed by atoms with E-state index < -0.39 is 17.2 Å². The van der Waals surface area contributed by atoms with E-state index in [4.69, 9.17) is 4.52 Å². The van der Waals surface area contributed by atoms with Crippen LogP contribution in [0.15, 0.2) is 22.7 Å². The predicted molar refractivity (Wildman–Crippen MR) is 78.4 cm³/mol. The number of rotatable bonds is 5. The van der Waals surface area contributed by atoms with Crippen LogP contribution in [0.25, 0.3) is 11.5 Å². The first-order chi connectivity index (χ1) is 11.1. The number of aliphatic hydroxyl groups is 1. The van der Waals surface area contributed by atoms with Gasteiger partial charge in [0.25, 0.3) is 5.89 Å². The van der Waals surface area contributed by atoms with Gasteiger partial charge in [-0.15, -0.1) is 0 Å². The fourth-order valence-corrected chi connectivity index (χ4v) is 2.64. The molecule has 1 saturated heterocycles. The van der Waals surface area contributed by atoms with Gasteiger partial charge in [-0.25, -0.2) is 8.78 Å². The molecule has 0 bridgehead atoms. The summed E-state index contributed by atoms with van der Waals surface area (Å²) < 4.78 is 32.3. The molecule has 1 aliphatic heterocycles. The van der Waals surface area contributed by atoms with Crippen LogP contribution in [-0.2, 0) is 6.54 Å². The topological polar surface area (TPSA) is 83.2 Å². The number of piperidine rings is 1. The van der Waals surface area contributed by atoms with Crippen LogP contribution < -0.4 is 10.6 Å². The molecular formula is C15H18F2N4O2. The van der Waals surface area contributed by atoms with Crippen LogP contribution in [0.1, 0.15) is 18.7 Å². The lowest BCUT2D eigenvalue weighted by Crippen LogP contribution is -2.51. The molecule has 0 aliphatic carbocycles. The predicted octanol–water partition coefficient (Wildman–Crippen LogP) is 1.22. The van der Waals surface area contributed by atoms with Crippen LogP contribution >= 0.6 is 0 Å². The van der Waals surface area contributed by atoms with Crippen LogP contribution in [-0.4, -0.2) is 40.5 Å². The summed E-state index contributed by atoms with van der Waals surface area (Å²) in [6.07, 6.45) is 1.63. The third-order valence-corrected chi connectivity index (χ3v) is 3.83. The summed E-state index contributed by atoms with van der Waals surface area (Å²) in [6, 6.07) is 3.53. The van der Waals surface area contributed by atoms with E-state index >= 15 is 0 Å². The van der Waals surface area contributed by atoms with Gasteiger partial charge in [0, 0.05) is 13.1 Å². The van der Waals surface area contributed by atoms with Crippen molar-refractivity contribution in [2.75, 3.05) is 19.6 Å². The smallest absolute Gasteiger partial charge is 0.263 e. The van der Waals surface area contributed by atoms with E-state index in [-0.39, 0.29) is 23.8 Å². The van der Waals surface area contributed by atoms with Gasteiger partial charge in [0.05, 0.1) is 12.1 Å². The summed E-state index contributed by atoms with van der Waals surface area (Å²) in [4.78, 5) is 3.99. The van der Waals surface area contributed by atoms with Gasteiger partial charge in [0.2, 0.25) is 0 Å². The van der Waals surface area contributed by atoms with Crippen molar-refractivity contribution >= 4 is 0 Å². The minimum atomic E-state index is -0.803. The first-order valence-electron chi connectivity index (χ1n) is 7.48. The second-order valence-electron chi connectivity index (χ2n) is 5.72. The van der Waals surface area contributed by atoms with Crippen molar-refractivity contribution in [3.63, 3.8) is 0 Å². The lowest BCUT2D eigenvalue weighted by Gasteiger charge is -2.32. The molecule has 6 nitrogen and oxygen atoms in total. The molecule has 1 fully saturated rings. The van der Waals surface area contributed by atoms with Crippen molar-refractivity contribution in [3.8, 4) is 11.5 Å². The van der Waals surface area contributed by atoms with Crippen molar-refractivity contribution in [1.82, 2.24) is 20.8 Å². The summed E-state index contributed by atoms with van der Waals surface area (Å²) in [5, 5.41) is 20.2. The average Bonchev–Trinajstić information content (AvgIpc) is 2.96. The number of halogens is 2. The molecule has 0 amide bonds. The molecule has 23 heavy (non-hydrogen) atoms. The Morgan fingerprint density at radius 2 is 2.13 bits per heavy atom. The maximum atomic E-state index is 13.7. The highest BCUT2D eigenvalue weighted by Gasteiger charge is 2.28. The maximum Gasteiger partial charge on any atom is 0.263 e. The van der Waals surface area contributed by atoms with Gasteiger partial charge < -0.3 is 20.3 Å². The van der Waals surface area contributed by atoms with E-state index in [1.54, 1.807) is 0 Å². The monoisotopic (exact) mass is 324 g/mol. The molecule has 1 aromatic carbocycles. The number of nitrogens with zero attached hydrogens (tertiary/aromatic N) is 2. The van der Waals surface area contributed by atoms with Gasteiger partial charge in [-0.1, -0.05) is 11.2 Å². The molecule has 1 atom stereocenters. The van der Waals surface area contributed by atoms with Crippen LogP contribution in [0.5, 0.6) is 0 Å². The molecule has 0 saturated carbocycles. The largest absolute Gasteiger partial charge is 0.387 e. The normalized spacial score (nSPS) is 21.5. The average molecular weight is 324 g/mol. The van der Waals surface area contributed by atoms with Crippen LogP contribution in [0, 0.1) is 11.6 Å². The summed E-state index contributed by atoms with van der Waals surface area (Å²) in [5.74, 6) is -1.43. The Balaban J connectivity index is 1.61. The van der Waals surface area contributed by atoms with Crippen LogP contribution in [0.4, 0.5) is 8.78 Å². The van der Waals surface area contributed by atoms with Gasteiger partial charge in [0.15, 0.2) is 5.82 Å². The van der Waals surface area contributed by atoms with Gasteiger partial charge in [-0.3, -0.25) is 0 Å². The summed E-state index contributed by atoms with van der Waals surface area (Å²) in [7, 11) is 0. The van der Waals surface area contributed by atoms with E-state index in [2.05, 4.69) is 20.8 Å². The molecule has 3 rings (SSSR count). The fraction of sp³-hybridized carbons (Fsp3) is 0.467. The molecular weight excluding hydrogens is 306 g/mol. The quantitative estimate of drug-likeness (QED) is 0.767. The SMILES string of the molecule is O[C@@]1(CNCc2noc(-c3c(F)cccc3F)n2)CCCNC1. The first kappa shape index (κ1) is 16.0. The van der Waals surface area contributed by atoms with E-state index in [1.165, 1.54) is 6.07 Å². The molecule has 1 aromatic heterocycles. The third kappa shape index (κ3) is 3.72. The molecule has 3 N–H and O–H groups in total. The fourth-order valence-electron chi connectivity index (χ4n) is 2.64. The minimum Gasteiger partial charge on any atom is -0.387 e. The molecule has 2 heterocycles. The summed E-state index contributed by atoms with van der Waals surface area (Å²) in [6.45, 7) is 2.04. The Morgan fingerprint density at radius 3 is 2.83 bits per heavy atom. The van der Waals surface area contributed by atoms with Gasteiger partial charge in [-0.05, 0) is 31.5 Å². The van der Waals surface area contributed by atoms with Gasteiger partial charge in [-0.2, -0.15) is 4.98 Å². The van der Waals surface area contributed by atoms with Gasteiger partial charge >= 0.3 is 0 Å². The first-order valence-corrected chi connectivity index (χ1v) is 7.48. The molecule has 2 aromatic rings. The zero-order valence-electron chi connectivity index (χ0n) is 12.5. The molecule has 0 spiro atoms. The Bertz CT molecular complexity index is 651. The van der Waals surface area contributed by atoms with E-state index in [0.717, 1.165) is 25.1 Å². The van der Waals surface area contributed by atoms with Crippen molar-refractivity contribution in [1.29, 1.82) is 0 Å². The van der Waals surface area contributed by atoms with Crippen molar-refractivity contribution in [2.24, 2.45) is 0 Å². The second kappa shape index (κ2) is 6.69.